The van der Waals surface area contributed by atoms with Crippen LogP contribution >= 0.6 is 11.6 Å². The Bertz CT molecular complexity index is 793. The van der Waals surface area contributed by atoms with E-state index in [1.165, 1.54) is 0 Å². The SMILES string of the molecule is Cn1cc([C@H]2CNC[C@@H]2C(=O)N2CCOC(c3ccccc3Cl)C2)cn1. The van der Waals surface area contributed by atoms with Gasteiger partial charge in [0.1, 0.15) is 6.10 Å². The summed E-state index contributed by atoms with van der Waals surface area (Å²) < 4.78 is 7.68. The van der Waals surface area contributed by atoms with Crippen molar-refractivity contribution in [3.8, 4) is 0 Å². The number of halogens is 1. The molecule has 7 heteroatoms. The Morgan fingerprint density at radius 3 is 2.96 bits per heavy atom. The highest BCUT2D eigenvalue weighted by molar-refractivity contribution is 6.31. The molecule has 3 atom stereocenters. The van der Waals surface area contributed by atoms with Gasteiger partial charge in [-0.25, -0.2) is 0 Å². The van der Waals surface area contributed by atoms with Gasteiger partial charge in [0.25, 0.3) is 0 Å². The van der Waals surface area contributed by atoms with Crippen molar-refractivity contribution in [3.05, 3.63) is 52.8 Å². The number of carbonyl (C=O) groups excluding carboxylic acids is 1. The largest absolute Gasteiger partial charge is 0.370 e. The number of benzene rings is 1. The van der Waals surface area contributed by atoms with Crippen molar-refractivity contribution in [2.75, 3.05) is 32.8 Å². The van der Waals surface area contributed by atoms with E-state index in [9.17, 15) is 4.79 Å². The predicted molar refractivity (Wildman–Crippen MR) is 99.0 cm³/mol. The summed E-state index contributed by atoms with van der Waals surface area (Å²) in [6, 6.07) is 7.68. The Hall–Kier alpha value is -1.89. The molecule has 2 aliphatic rings. The summed E-state index contributed by atoms with van der Waals surface area (Å²) in [6.07, 6.45) is 3.70. The summed E-state index contributed by atoms with van der Waals surface area (Å²) in [5.74, 6) is 0.284. The molecule has 0 radical (unpaired) electrons. The van der Waals surface area contributed by atoms with Crippen molar-refractivity contribution in [2.45, 2.75) is 12.0 Å². The third kappa shape index (κ3) is 3.37. The average Bonchev–Trinajstić information content (AvgIpc) is 3.30. The molecule has 4 rings (SSSR count). The van der Waals surface area contributed by atoms with Gasteiger partial charge in [-0.05, 0) is 11.6 Å². The Morgan fingerprint density at radius 2 is 2.19 bits per heavy atom. The van der Waals surface area contributed by atoms with Gasteiger partial charge >= 0.3 is 0 Å². The fourth-order valence-electron chi connectivity index (χ4n) is 3.93. The Morgan fingerprint density at radius 1 is 1.35 bits per heavy atom. The smallest absolute Gasteiger partial charge is 0.227 e. The molecule has 2 aromatic rings. The van der Waals surface area contributed by atoms with Crippen molar-refractivity contribution >= 4 is 17.5 Å². The van der Waals surface area contributed by atoms with Crippen LogP contribution in [0.15, 0.2) is 36.7 Å². The van der Waals surface area contributed by atoms with Gasteiger partial charge < -0.3 is 15.0 Å². The maximum absolute atomic E-state index is 13.2. The number of ether oxygens (including phenoxy) is 1. The third-order valence-corrected chi connectivity index (χ3v) is 5.66. The molecule has 6 nitrogen and oxygen atoms in total. The molecule has 1 amide bonds. The number of morpholine rings is 1. The molecule has 1 unspecified atom stereocenters. The number of nitrogens with zero attached hydrogens (tertiary/aromatic N) is 3. The zero-order valence-electron chi connectivity index (χ0n) is 14.8. The normalized spacial score (nSPS) is 26.2. The van der Waals surface area contributed by atoms with Crippen molar-refractivity contribution < 1.29 is 9.53 Å². The van der Waals surface area contributed by atoms with E-state index < -0.39 is 0 Å². The van der Waals surface area contributed by atoms with E-state index in [-0.39, 0.29) is 23.8 Å². The van der Waals surface area contributed by atoms with Gasteiger partial charge in [0, 0.05) is 49.4 Å². The first-order chi connectivity index (χ1) is 12.6. The first-order valence-corrected chi connectivity index (χ1v) is 9.35. The van der Waals surface area contributed by atoms with Gasteiger partial charge in [0.2, 0.25) is 5.91 Å². The Kier molecular flexibility index (Phi) is 4.98. The molecule has 1 aromatic carbocycles. The monoisotopic (exact) mass is 374 g/mol. The van der Waals surface area contributed by atoms with Crippen LogP contribution in [0.5, 0.6) is 0 Å². The second-order valence-electron chi connectivity index (χ2n) is 6.98. The Balaban J connectivity index is 1.49. The summed E-state index contributed by atoms with van der Waals surface area (Å²) >= 11 is 6.31. The maximum Gasteiger partial charge on any atom is 0.227 e. The van der Waals surface area contributed by atoms with Crippen molar-refractivity contribution in [1.82, 2.24) is 20.0 Å². The topological polar surface area (TPSA) is 59.4 Å². The standard InChI is InChI=1S/C19H23ClN4O2/c1-23-11-13(8-22-23)15-9-21-10-16(15)19(25)24-6-7-26-18(12-24)14-4-2-3-5-17(14)20/h2-5,8,11,15-16,18,21H,6-7,9-10,12H2,1H3/t15-,16+,18?/m1/s1. The zero-order valence-corrected chi connectivity index (χ0v) is 15.5. The van der Waals surface area contributed by atoms with Gasteiger partial charge in [-0.1, -0.05) is 29.8 Å². The van der Waals surface area contributed by atoms with Crippen LogP contribution in [0, 0.1) is 5.92 Å². The van der Waals surface area contributed by atoms with E-state index in [2.05, 4.69) is 10.4 Å². The number of aryl methyl sites for hydroxylation is 1. The highest BCUT2D eigenvalue weighted by atomic mass is 35.5. The molecular formula is C19H23ClN4O2. The molecule has 2 fully saturated rings. The summed E-state index contributed by atoms with van der Waals surface area (Å²) in [5, 5.41) is 8.31. The highest BCUT2D eigenvalue weighted by Gasteiger charge is 2.38. The summed E-state index contributed by atoms with van der Waals surface area (Å²) in [4.78, 5) is 15.2. The second-order valence-corrected chi connectivity index (χ2v) is 7.39. The van der Waals surface area contributed by atoms with Gasteiger partial charge in [-0.3, -0.25) is 9.48 Å². The Labute approximate surface area is 158 Å². The van der Waals surface area contributed by atoms with E-state index in [4.69, 9.17) is 16.3 Å². The first kappa shape index (κ1) is 17.5. The van der Waals surface area contributed by atoms with Crippen LogP contribution in [-0.2, 0) is 16.6 Å². The van der Waals surface area contributed by atoms with Gasteiger partial charge in [-0.2, -0.15) is 5.10 Å². The minimum absolute atomic E-state index is 0.0656. The summed E-state index contributed by atoms with van der Waals surface area (Å²) in [6.45, 7) is 3.20. The number of aromatic nitrogens is 2. The van der Waals surface area contributed by atoms with Crippen LogP contribution in [0.3, 0.4) is 0 Å². The molecule has 138 valence electrons. The molecule has 0 bridgehead atoms. The van der Waals surface area contributed by atoms with Crippen LogP contribution < -0.4 is 5.32 Å². The molecule has 0 aliphatic carbocycles. The van der Waals surface area contributed by atoms with Crippen LogP contribution in [0.4, 0.5) is 0 Å². The molecule has 3 heterocycles. The van der Waals surface area contributed by atoms with Crippen molar-refractivity contribution in [1.29, 1.82) is 0 Å². The molecular weight excluding hydrogens is 352 g/mol. The van der Waals surface area contributed by atoms with Gasteiger partial charge in [-0.15, -0.1) is 0 Å². The van der Waals surface area contributed by atoms with E-state index in [0.717, 1.165) is 17.7 Å². The van der Waals surface area contributed by atoms with Gasteiger partial charge in [0.15, 0.2) is 0 Å². The molecule has 1 aromatic heterocycles. The fourth-order valence-corrected chi connectivity index (χ4v) is 4.19. The van der Waals surface area contributed by atoms with Gasteiger partial charge in [0.05, 0.1) is 25.3 Å². The fraction of sp³-hybridized carbons (Fsp3) is 0.474. The summed E-state index contributed by atoms with van der Waals surface area (Å²) in [5.41, 5.74) is 2.06. The maximum atomic E-state index is 13.2. The third-order valence-electron chi connectivity index (χ3n) is 5.31. The number of carbonyl (C=O) groups is 1. The van der Waals surface area contributed by atoms with E-state index >= 15 is 0 Å². The number of amides is 1. The number of hydrogen-bond donors (Lipinski definition) is 1. The molecule has 1 N–H and O–H groups in total. The average molecular weight is 375 g/mol. The summed E-state index contributed by atoms with van der Waals surface area (Å²) in [7, 11) is 1.90. The first-order valence-electron chi connectivity index (χ1n) is 8.97. The highest BCUT2D eigenvalue weighted by Crippen LogP contribution is 2.32. The lowest BCUT2D eigenvalue weighted by molar-refractivity contribution is -0.143. The molecule has 0 saturated carbocycles. The lowest BCUT2D eigenvalue weighted by atomic mass is 9.89. The molecule has 2 aliphatic heterocycles. The lowest BCUT2D eigenvalue weighted by Crippen LogP contribution is -2.46. The minimum Gasteiger partial charge on any atom is -0.370 e. The van der Waals surface area contributed by atoms with Crippen LogP contribution in [-0.4, -0.2) is 53.4 Å². The lowest BCUT2D eigenvalue weighted by Gasteiger charge is -2.35. The van der Waals surface area contributed by atoms with Crippen molar-refractivity contribution in [2.24, 2.45) is 13.0 Å². The number of hydrogen-bond acceptors (Lipinski definition) is 4. The van der Waals surface area contributed by atoms with E-state index in [1.54, 1.807) is 4.68 Å². The van der Waals surface area contributed by atoms with Crippen LogP contribution in [0.25, 0.3) is 0 Å². The van der Waals surface area contributed by atoms with Crippen LogP contribution in [0.2, 0.25) is 5.02 Å². The minimum atomic E-state index is -0.174. The van der Waals surface area contributed by atoms with E-state index in [0.29, 0.717) is 31.3 Å². The van der Waals surface area contributed by atoms with E-state index in [1.807, 2.05) is 48.6 Å². The molecule has 2 saturated heterocycles. The molecule has 0 spiro atoms. The zero-order chi connectivity index (χ0) is 18.1. The van der Waals surface area contributed by atoms with Crippen molar-refractivity contribution in [3.63, 3.8) is 0 Å². The predicted octanol–water partition coefficient (Wildman–Crippen LogP) is 1.98. The quantitative estimate of drug-likeness (QED) is 0.892. The number of rotatable bonds is 3. The second kappa shape index (κ2) is 7.39. The van der Waals surface area contributed by atoms with Crippen LogP contribution in [0.1, 0.15) is 23.1 Å². The number of nitrogens with one attached hydrogen (secondary N) is 1. The molecule has 26 heavy (non-hydrogen) atoms.